The molecule has 1 aromatic rings. The summed E-state index contributed by atoms with van der Waals surface area (Å²) in [5.74, 6) is -2.85. The standard InChI is InChI=1S/C11H7F6NO3S/c12-10(13,14)9(7-4-2-1-3-5-7)8(6-18)21-22(19,20)11(15,16)17/h1-5,8-9H. The molecule has 0 bridgehead atoms. The number of hydrogen-bond donors (Lipinski definition) is 0. The summed E-state index contributed by atoms with van der Waals surface area (Å²) in [4.78, 5) is 0. The molecule has 0 aliphatic heterocycles. The molecule has 1 rings (SSSR count). The Morgan fingerprint density at radius 3 is 1.91 bits per heavy atom. The number of alkyl halides is 6. The van der Waals surface area contributed by atoms with Crippen LogP contribution in [0.25, 0.3) is 0 Å². The van der Waals surface area contributed by atoms with Crippen molar-refractivity contribution in [2.45, 2.75) is 23.7 Å². The predicted octanol–water partition coefficient (Wildman–Crippen LogP) is 3.09. The van der Waals surface area contributed by atoms with Crippen molar-refractivity contribution in [2.24, 2.45) is 0 Å². The van der Waals surface area contributed by atoms with Gasteiger partial charge in [0.05, 0.1) is 6.07 Å². The monoisotopic (exact) mass is 347 g/mol. The van der Waals surface area contributed by atoms with E-state index < -0.39 is 39.4 Å². The molecule has 0 saturated carbocycles. The Balaban J connectivity index is 3.27. The predicted molar refractivity (Wildman–Crippen MR) is 60.7 cm³/mol. The van der Waals surface area contributed by atoms with Crippen LogP contribution in [0.5, 0.6) is 0 Å². The summed E-state index contributed by atoms with van der Waals surface area (Å²) in [6, 6.07) is 6.25. The first kappa shape index (κ1) is 18.2. The van der Waals surface area contributed by atoms with Gasteiger partial charge in [-0.3, -0.25) is 0 Å². The quantitative estimate of drug-likeness (QED) is 0.477. The van der Waals surface area contributed by atoms with Crippen LogP contribution in [0.4, 0.5) is 26.3 Å². The third kappa shape index (κ3) is 4.11. The maximum Gasteiger partial charge on any atom is 0.523 e. The number of halogens is 6. The first-order valence-electron chi connectivity index (χ1n) is 5.41. The molecule has 0 aliphatic carbocycles. The van der Waals surface area contributed by atoms with E-state index in [0.717, 1.165) is 30.3 Å². The highest BCUT2D eigenvalue weighted by Crippen LogP contribution is 2.40. The summed E-state index contributed by atoms with van der Waals surface area (Å²) >= 11 is 0. The molecule has 0 spiro atoms. The summed E-state index contributed by atoms with van der Waals surface area (Å²) in [5.41, 5.74) is -6.53. The summed E-state index contributed by atoms with van der Waals surface area (Å²) in [7, 11) is -6.34. The summed E-state index contributed by atoms with van der Waals surface area (Å²) in [5, 5.41) is 8.64. The third-order valence-corrected chi connectivity index (χ3v) is 3.48. The van der Waals surface area contributed by atoms with Crippen molar-refractivity contribution < 1.29 is 38.9 Å². The van der Waals surface area contributed by atoms with Crippen LogP contribution in [-0.2, 0) is 14.3 Å². The van der Waals surface area contributed by atoms with Gasteiger partial charge in [-0.1, -0.05) is 30.3 Å². The number of nitriles is 1. The van der Waals surface area contributed by atoms with Crippen LogP contribution in [0.1, 0.15) is 11.5 Å². The van der Waals surface area contributed by atoms with Crippen LogP contribution >= 0.6 is 0 Å². The molecule has 22 heavy (non-hydrogen) atoms. The molecule has 11 heteroatoms. The first-order chi connectivity index (χ1) is 9.90. The number of hydrogen-bond acceptors (Lipinski definition) is 4. The van der Waals surface area contributed by atoms with E-state index in [1.165, 1.54) is 6.07 Å². The zero-order valence-corrected chi connectivity index (χ0v) is 11.2. The van der Waals surface area contributed by atoms with E-state index in [1.54, 1.807) is 0 Å². The zero-order valence-electron chi connectivity index (χ0n) is 10.4. The van der Waals surface area contributed by atoms with Crippen molar-refractivity contribution in [3.63, 3.8) is 0 Å². The van der Waals surface area contributed by atoms with Gasteiger partial charge in [-0.25, -0.2) is 4.18 Å². The van der Waals surface area contributed by atoms with E-state index in [0.29, 0.717) is 0 Å². The van der Waals surface area contributed by atoms with Gasteiger partial charge in [0.15, 0.2) is 6.10 Å². The molecule has 2 unspecified atom stereocenters. The minimum Gasteiger partial charge on any atom is -0.243 e. The third-order valence-electron chi connectivity index (χ3n) is 2.46. The second-order valence-corrected chi connectivity index (χ2v) is 5.54. The second kappa shape index (κ2) is 6.13. The highest BCUT2D eigenvalue weighted by molar-refractivity contribution is 7.87. The van der Waals surface area contributed by atoms with Crippen LogP contribution in [0.2, 0.25) is 0 Å². The Morgan fingerprint density at radius 2 is 1.55 bits per heavy atom. The van der Waals surface area contributed by atoms with Crippen molar-refractivity contribution in [3.05, 3.63) is 35.9 Å². The van der Waals surface area contributed by atoms with Crippen LogP contribution in [0.3, 0.4) is 0 Å². The van der Waals surface area contributed by atoms with Gasteiger partial charge in [-0.05, 0) is 5.56 Å². The van der Waals surface area contributed by atoms with E-state index in [4.69, 9.17) is 5.26 Å². The average Bonchev–Trinajstić information content (AvgIpc) is 2.36. The van der Waals surface area contributed by atoms with Gasteiger partial charge >= 0.3 is 21.8 Å². The maximum absolute atomic E-state index is 13.0. The van der Waals surface area contributed by atoms with Crippen molar-refractivity contribution in [1.29, 1.82) is 5.26 Å². The van der Waals surface area contributed by atoms with Gasteiger partial charge in [0, 0.05) is 0 Å². The van der Waals surface area contributed by atoms with Gasteiger partial charge < -0.3 is 0 Å². The average molecular weight is 347 g/mol. The minimum absolute atomic E-state index is 0.598. The molecule has 0 N–H and O–H groups in total. The van der Waals surface area contributed by atoms with Crippen molar-refractivity contribution in [2.75, 3.05) is 0 Å². The molecule has 0 radical (unpaired) electrons. The Bertz CT molecular complexity index is 647. The van der Waals surface area contributed by atoms with Crippen LogP contribution in [-0.4, -0.2) is 26.2 Å². The van der Waals surface area contributed by atoms with Crippen LogP contribution < -0.4 is 0 Å². The molecule has 0 saturated heterocycles. The molecule has 0 heterocycles. The molecule has 1 aromatic carbocycles. The second-order valence-electron chi connectivity index (χ2n) is 3.98. The molecule has 0 aliphatic rings. The minimum atomic E-state index is -6.34. The normalized spacial score (nSPS) is 15.9. The lowest BCUT2D eigenvalue weighted by Crippen LogP contribution is -2.37. The molecule has 0 amide bonds. The topological polar surface area (TPSA) is 67.2 Å². The van der Waals surface area contributed by atoms with Gasteiger partial charge in [-0.2, -0.15) is 40.0 Å². The van der Waals surface area contributed by atoms with Gasteiger partial charge in [0.25, 0.3) is 0 Å². The smallest absolute Gasteiger partial charge is 0.243 e. The Morgan fingerprint density at radius 1 is 1.05 bits per heavy atom. The Kier molecular flexibility index (Phi) is 5.09. The first-order valence-corrected chi connectivity index (χ1v) is 6.82. The van der Waals surface area contributed by atoms with Gasteiger partial charge in [0.1, 0.15) is 5.92 Å². The van der Waals surface area contributed by atoms with Crippen molar-refractivity contribution in [1.82, 2.24) is 0 Å². The molecule has 122 valence electrons. The van der Waals surface area contributed by atoms with Crippen LogP contribution in [0.15, 0.2) is 30.3 Å². The fraction of sp³-hybridized carbons (Fsp3) is 0.364. The molecular formula is C11H7F6NO3S. The number of nitrogens with zero attached hydrogens (tertiary/aromatic N) is 1. The van der Waals surface area contributed by atoms with E-state index >= 15 is 0 Å². The van der Waals surface area contributed by atoms with Crippen molar-refractivity contribution >= 4 is 10.1 Å². The lowest BCUT2D eigenvalue weighted by Gasteiger charge is -2.24. The van der Waals surface area contributed by atoms with E-state index in [1.807, 2.05) is 0 Å². The van der Waals surface area contributed by atoms with Gasteiger partial charge in [-0.15, -0.1) is 0 Å². The van der Waals surface area contributed by atoms with E-state index in [9.17, 15) is 34.8 Å². The highest BCUT2D eigenvalue weighted by atomic mass is 32.2. The highest BCUT2D eigenvalue weighted by Gasteiger charge is 2.54. The van der Waals surface area contributed by atoms with Crippen LogP contribution in [0, 0.1) is 11.3 Å². The van der Waals surface area contributed by atoms with Crippen molar-refractivity contribution in [3.8, 4) is 6.07 Å². The summed E-state index contributed by atoms with van der Waals surface area (Å²) in [6.45, 7) is 0. The van der Waals surface area contributed by atoms with E-state index in [2.05, 4.69) is 4.18 Å². The maximum atomic E-state index is 13.0. The lowest BCUT2D eigenvalue weighted by atomic mass is 9.93. The SMILES string of the molecule is N#CC(OS(=O)(=O)C(F)(F)F)C(c1ccccc1)C(F)(F)F. The molecule has 4 nitrogen and oxygen atoms in total. The molecule has 0 fully saturated rings. The Hall–Kier alpha value is -1.80. The molecule has 2 atom stereocenters. The largest absolute Gasteiger partial charge is 0.523 e. The summed E-state index contributed by atoms with van der Waals surface area (Å²) < 4.78 is 101. The summed E-state index contributed by atoms with van der Waals surface area (Å²) in [6.07, 6.45) is -8.10. The van der Waals surface area contributed by atoms with Gasteiger partial charge in [0.2, 0.25) is 0 Å². The number of rotatable bonds is 4. The molecule has 0 aromatic heterocycles. The zero-order chi connectivity index (χ0) is 17.2. The number of benzene rings is 1. The molecular weight excluding hydrogens is 340 g/mol. The Labute approximate surface area is 121 Å². The fourth-order valence-corrected chi connectivity index (χ4v) is 2.07. The lowest BCUT2D eigenvalue weighted by molar-refractivity contribution is -0.164. The van der Waals surface area contributed by atoms with E-state index in [-0.39, 0.29) is 0 Å². The fourth-order valence-electron chi connectivity index (χ4n) is 1.54.